The summed E-state index contributed by atoms with van der Waals surface area (Å²) in [7, 11) is 0. The lowest BCUT2D eigenvalue weighted by atomic mass is 9.89. The van der Waals surface area contributed by atoms with E-state index in [-0.39, 0.29) is 18.5 Å². The van der Waals surface area contributed by atoms with E-state index in [4.69, 9.17) is 21.1 Å². The molecule has 130 valence electrons. The van der Waals surface area contributed by atoms with Crippen LogP contribution in [0.5, 0.6) is 11.5 Å². The zero-order valence-corrected chi connectivity index (χ0v) is 14.7. The normalized spacial score (nSPS) is 17.6. The SMILES string of the molecule is O=C(c1ccccc1)C1CCN(Cc2cc(Cl)c3c(c2)OCO3)CC1. The fourth-order valence-electron chi connectivity index (χ4n) is 3.56. The van der Waals surface area contributed by atoms with Gasteiger partial charge in [0.25, 0.3) is 0 Å². The molecule has 25 heavy (non-hydrogen) atoms. The number of Topliss-reactive ketones (excluding diaryl/α,β-unsaturated/α-hetero) is 1. The number of benzene rings is 2. The lowest BCUT2D eigenvalue weighted by Crippen LogP contribution is -2.35. The first kappa shape index (κ1) is 16.4. The molecular formula is C20H20ClNO3. The van der Waals surface area contributed by atoms with Gasteiger partial charge in [-0.25, -0.2) is 0 Å². The standard InChI is InChI=1S/C20H20ClNO3/c21-17-10-14(11-18-20(17)25-13-24-18)12-22-8-6-16(7-9-22)19(23)15-4-2-1-3-5-15/h1-5,10-11,16H,6-9,12-13H2. The number of nitrogens with zero attached hydrogens (tertiary/aromatic N) is 1. The van der Waals surface area contributed by atoms with Gasteiger partial charge in [-0.05, 0) is 43.6 Å². The lowest BCUT2D eigenvalue weighted by Gasteiger charge is -2.31. The Hall–Kier alpha value is -2.04. The molecular weight excluding hydrogens is 338 g/mol. The predicted octanol–water partition coefficient (Wildman–Crippen LogP) is 4.16. The van der Waals surface area contributed by atoms with Crippen molar-refractivity contribution in [2.24, 2.45) is 5.92 Å². The fraction of sp³-hybridized carbons (Fsp3) is 0.350. The van der Waals surface area contributed by atoms with Crippen LogP contribution in [0.1, 0.15) is 28.8 Å². The smallest absolute Gasteiger partial charge is 0.231 e. The van der Waals surface area contributed by atoms with E-state index in [1.165, 1.54) is 0 Å². The number of carbonyl (C=O) groups is 1. The highest BCUT2D eigenvalue weighted by Gasteiger charge is 2.26. The van der Waals surface area contributed by atoms with Crippen molar-refractivity contribution < 1.29 is 14.3 Å². The van der Waals surface area contributed by atoms with Crippen LogP contribution in [-0.2, 0) is 6.54 Å². The maximum Gasteiger partial charge on any atom is 0.231 e. The molecule has 0 radical (unpaired) electrons. The Morgan fingerprint density at radius 2 is 1.88 bits per heavy atom. The Bertz CT molecular complexity index is 770. The number of fused-ring (bicyclic) bond motifs is 1. The van der Waals surface area contributed by atoms with Crippen LogP contribution in [0.3, 0.4) is 0 Å². The second kappa shape index (κ2) is 7.06. The topological polar surface area (TPSA) is 38.8 Å². The van der Waals surface area contributed by atoms with Gasteiger partial charge in [-0.3, -0.25) is 9.69 Å². The molecule has 4 rings (SSSR count). The number of ketones is 1. The van der Waals surface area contributed by atoms with E-state index < -0.39 is 0 Å². The Balaban J connectivity index is 1.36. The van der Waals surface area contributed by atoms with Crippen LogP contribution < -0.4 is 9.47 Å². The van der Waals surface area contributed by atoms with Gasteiger partial charge in [0.1, 0.15) is 0 Å². The van der Waals surface area contributed by atoms with E-state index in [1.807, 2.05) is 42.5 Å². The Labute approximate surface area is 152 Å². The van der Waals surface area contributed by atoms with Crippen LogP contribution in [0.15, 0.2) is 42.5 Å². The summed E-state index contributed by atoms with van der Waals surface area (Å²) in [5.41, 5.74) is 1.94. The molecule has 5 heteroatoms. The van der Waals surface area contributed by atoms with Gasteiger partial charge in [-0.15, -0.1) is 0 Å². The number of carbonyl (C=O) groups excluding carboxylic acids is 1. The van der Waals surface area contributed by atoms with Crippen molar-refractivity contribution in [1.82, 2.24) is 4.90 Å². The molecule has 2 aliphatic rings. The van der Waals surface area contributed by atoms with Gasteiger partial charge < -0.3 is 9.47 Å². The van der Waals surface area contributed by atoms with E-state index in [9.17, 15) is 4.79 Å². The molecule has 2 aromatic carbocycles. The molecule has 0 bridgehead atoms. The molecule has 4 nitrogen and oxygen atoms in total. The summed E-state index contributed by atoms with van der Waals surface area (Å²) in [5.74, 6) is 1.75. The molecule has 1 fully saturated rings. The van der Waals surface area contributed by atoms with Gasteiger partial charge in [0.2, 0.25) is 6.79 Å². The van der Waals surface area contributed by atoms with Gasteiger partial charge in [0.05, 0.1) is 5.02 Å². The number of piperidine rings is 1. The van der Waals surface area contributed by atoms with Gasteiger partial charge in [0, 0.05) is 18.0 Å². The van der Waals surface area contributed by atoms with Crippen LogP contribution in [-0.4, -0.2) is 30.6 Å². The third kappa shape index (κ3) is 3.51. The molecule has 0 amide bonds. The monoisotopic (exact) mass is 357 g/mol. The molecule has 2 aromatic rings. The van der Waals surface area contributed by atoms with Crippen LogP contribution in [0.25, 0.3) is 0 Å². The maximum atomic E-state index is 12.6. The average molecular weight is 358 g/mol. The zero-order valence-electron chi connectivity index (χ0n) is 13.9. The van der Waals surface area contributed by atoms with E-state index in [1.54, 1.807) is 0 Å². The summed E-state index contributed by atoms with van der Waals surface area (Å²) in [6, 6.07) is 13.5. The average Bonchev–Trinajstić information content (AvgIpc) is 3.12. The van der Waals surface area contributed by atoms with Gasteiger partial charge in [-0.1, -0.05) is 41.9 Å². The first-order valence-electron chi connectivity index (χ1n) is 8.60. The second-order valence-corrected chi connectivity index (χ2v) is 7.00. The number of hydrogen-bond donors (Lipinski definition) is 0. The molecule has 0 saturated carbocycles. The minimum Gasteiger partial charge on any atom is -0.454 e. The third-order valence-electron chi connectivity index (χ3n) is 4.91. The van der Waals surface area contributed by atoms with Gasteiger partial charge in [0.15, 0.2) is 17.3 Å². The van der Waals surface area contributed by atoms with Crippen molar-refractivity contribution in [3.63, 3.8) is 0 Å². The van der Waals surface area contributed by atoms with Crippen LogP contribution in [0.2, 0.25) is 5.02 Å². The van der Waals surface area contributed by atoms with Crippen LogP contribution >= 0.6 is 11.6 Å². The van der Waals surface area contributed by atoms with Gasteiger partial charge >= 0.3 is 0 Å². The highest BCUT2D eigenvalue weighted by atomic mass is 35.5. The molecule has 1 saturated heterocycles. The minimum atomic E-state index is 0.124. The van der Waals surface area contributed by atoms with Crippen LogP contribution in [0.4, 0.5) is 0 Å². The Morgan fingerprint density at radius 1 is 1.12 bits per heavy atom. The van der Waals surface area contributed by atoms with Crippen molar-refractivity contribution in [2.75, 3.05) is 19.9 Å². The number of likely N-dealkylation sites (tertiary alicyclic amines) is 1. The number of hydrogen-bond acceptors (Lipinski definition) is 4. The summed E-state index contributed by atoms with van der Waals surface area (Å²) >= 11 is 6.26. The zero-order chi connectivity index (χ0) is 17.2. The molecule has 0 aliphatic carbocycles. The largest absolute Gasteiger partial charge is 0.454 e. The van der Waals surface area contributed by atoms with Crippen molar-refractivity contribution in [2.45, 2.75) is 19.4 Å². The maximum absolute atomic E-state index is 12.6. The van der Waals surface area contributed by atoms with E-state index >= 15 is 0 Å². The lowest BCUT2D eigenvalue weighted by molar-refractivity contribution is 0.0835. The van der Waals surface area contributed by atoms with E-state index in [0.717, 1.165) is 49.4 Å². The number of halogens is 1. The van der Waals surface area contributed by atoms with Crippen LogP contribution in [0, 0.1) is 5.92 Å². The second-order valence-electron chi connectivity index (χ2n) is 6.59. The van der Waals surface area contributed by atoms with E-state index in [0.29, 0.717) is 10.8 Å². The van der Waals surface area contributed by atoms with Crippen molar-refractivity contribution in [1.29, 1.82) is 0 Å². The first-order valence-corrected chi connectivity index (χ1v) is 8.98. The molecule has 0 unspecified atom stereocenters. The highest BCUT2D eigenvalue weighted by molar-refractivity contribution is 6.32. The molecule has 2 heterocycles. The third-order valence-corrected chi connectivity index (χ3v) is 5.19. The Morgan fingerprint density at radius 3 is 2.64 bits per heavy atom. The molecule has 0 atom stereocenters. The first-order chi connectivity index (χ1) is 12.2. The fourth-order valence-corrected chi connectivity index (χ4v) is 3.85. The quantitative estimate of drug-likeness (QED) is 0.770. The highest BCUT2D eigenvalue weighted by Crippen LogP contribution is 2.40. The molecule has 0 N–H and O–H groups in total. The summed E-state index contributed by atoms with van der Waals surface area (Å²) < 4.78 is 10.8. The molecule has 0 aromatic heterocycles. The van der Waals surface area contributed by atoms with Crippen molar-refractivity contribution in [3.8, 4) is 11.5 Å². The minimum absolute atomic E-state index is 0.124. The number of rotatable bonds is 4. The molecule has 0 spiro atoms. The molecule has 2 aliphatic heterocycles. The van der Waals surface area contributed by atoms with Gasteiger partial charge in [-0.2, -0.15) is 0 Å². The van der Waals surface area contributed by atoms with Crippen molar-refractivity contribution in [3.05, 3.63) is 58.6 Å². The summed E-state index contributed by atoms with van der Waals surface area (Å²) in [5, 5.41) is 0.596. The van der Waals surface area contributed by atoms with Crippen molar-refractivity contribution >= 4 is 17.4 Å². The summed E-state index contributed by atoms with van der Waals surface area (Å²) in [6.07, 6.45) is 1.79. The number of ether oxygens (including phenoxy) is 2. The predicted molar refractivity (Wildman–Crippen MR) is 96.3 cm³/mol. The summed E-state index contributed by atoms with van der Waals surface area (Å²) in [4.78, 5) is 14.9. The van der Waals surface area contributed by atoms with E-state index in [2.05, 4.69) is 4.90 Å². The summed E-state index contributed by atoms with van der Waals surface area (Å²) in [6.45, 7) is 2.86. The Kier molecular flexibility index (Phi) is 4.64.